The standard InChI is InChI=1S/C25H19N3/c1-3-7-20(8-4-1)24(21-11-15-26-16-12-21)19-28-25(22-9-5-2-6-10-22)23-13-17-27-18-14-23/h1-19H/b24-19+,28-25?. The van der Waals surface area contributed by atoms with Crippen molar-refractivity contribution in [2.75, 3.05) is 0 Å². The molecule has 4 aromatic rings. The average Bonchev–Trinajstić information content (AvgIpc) is 2.79. The molecule has 0 atom stereocenters. The van der Waals surface area contributed by atoms with Crippen molar-refractivity contribution in [1.82, 2.24) is 9.97 Å². The third-order valence-electron chi connectivity index (χ3n) is 4.40. The van der Waals surface area contributed by atoms with Crippen LogP contribution in [0, 0.1) is 0 Å². The van der Waals surface area contributed by atoms with Crippen LogP contribution in [0.25, 0.3) is 5.57 Å². The minimum atomic E-state index is 0.908. The number of benzene rings is 2. The Bertz CT molecular complexity index is 898. The zero-order chi connectivity index (χ0) is 19.0. The number of nitrogens with zero attached hydrogens (tertiary/aromatic N) is 3. The topological polar surface area (TPSA) is 38.1 Å². The number of hydrogen-bond donors (Lipinski definition) is 0. The monoisotopic (exact) mass is 361 g/mol. The fourth-order valence-electron chi connectivity index (χ4n) is 3.02. The molecule has 3 nitrogen and oxygen atoms in total. The maximum atomic E-state index is 4.92. The maximum Gasteiger partial charge on any atom is 0.0775 e. The van der Waals surface area contributed by atoms with E-state index in [1.165, 1.54) is 0 Å². The molecule has 0 bridgehead atoms. The molecule has 2 heterocycles. The molecular formula is C25H19N3. The minimum Gasteiger partial charge on any atom is -0.265 e. The Kier molecular flexibility index (Phi) is 5.45. The van der Waals surface area contributed by atoms with Gasteiger partial charge in [-0.25, -0.2) is 0 Å². The normalized spacial score (nSPS) is 12.0. The van der Waals surface area contributed by atoms with Crippen LogP contribution in [-0.4, -0.2) is 15.7 Å². The summed E-state index contributed by atoms with van der Waals surface area (Å²) in [5, 5.41) is 0. The predicted octanol–water partition coefficient (Wildman–Crippen LogP) is 5.40. The SMILES string of the molecule is C(/N=C(c1ccccc1)c1ccncc1)=C(/c1ccccc1)c1ccncc1. The third kappa shape index (κ3) is 4.10. The van der Waals surface area contributed by atoms with Crippen LogP contribution in [0.2, 0.25) is 0 Å². The van der Waals surface area contributed by atoms with E-state index in [0.29, 0.717) is 0 Å². The molecule has 0 amide bonds. The highest BCUT2D eigenvalue weighted by molar-refractivity contribution is 6.13. The first-order chi connectivity index (χ1) is 13.9. The fraction of sp³-hybridized carbons (Fsp3) is 0. The number of aliphatic imine (C=N–C) groups is 1. The van der Waals surface area contributed by atoms with Crippen LogP contribution in [0.5, 0.6) is 0 Å². The van der Waals surface area contributed by atoms with Crippen LogP contribution in [0.1, 0.15) is 22.3 Å². The van der Waals surface area contributed by atoms with Gasteiger partial charge in [-0.05, 0) is 35.4 Å². The molecular weight excluding hydrogens is 342 g/mol. The lowest BCUT2D eigenvalue weighted by Crippen LogP contribution is -2.03. The molecule has 2 aromatic heterocycles. The van der Waals surface area contributed by atoms with Gasteiger partial charge in [-0.2, -0.15) is 0 Å². The van der Waals surface area contributed by atoms with Crippen molar-refractivity contribution in [2.45, 2.75) is 0 Å². The van der Waals surface area contributed by atoms with Crippen molar-refractivity contribution in [3.63, 3.8) is 0 Å². The lowest BCUT2D eigenvalue weighted by atomic mass is 9.99. The lowest BCUT2D eigenvalue weighted by Gasteiger charge is -2.09. The Morgan fingerprint density at radius 1 is 0.536 bits per heavy atom. The molecule has 0 spiro atoms. The van der Waals surface area contributed by atoms with Gasteiger partial charge < -0.3 is 0 Å². The molecule has 0 N–H and O–H groups in total. The van der Waals surface area contributed by atoms with Gasteiger partial charge in [-0.3, -0.25) is 15.0 Å². The van der Waals surface area contributed by atoms with Gasteiger partial charge in [0.25, 0.3) is 0 Å². The summed E-state index contributed by atoms with van der Waals surface area (Å²) in [6.45, 7) is 0. The molecule has 0 saturated carbocycles. The minimum absolute atomic E-state index is 0.908. The summed E-state index contributed by atoms with van der Waals surface area (Å²) in [6, 6.07) is 28.4. The van der Waals surface area contributed by atoms with Crippen molar-refractivity contribution in [1.29, 1.82) is 0 Å². The van der Waals surface area contributed by atoms with Gasteiger partial charge in [0.2, 0.25) is 0 Å². The van der Waals surface area contributed by atoms with E-state index in [2.05, 4.69) is 34.2 Å². The number of rotatable bonds is 5. The summed E-state index contributed by atoms with van der Waals surface area (Å²) < 4.78 is 0. The molecule has 0 fully saturated rings. The van der Waals surface area contributed by atoms with E-state index >= 15 is 0 Å². The molecule has 2 aromatic carbocycles. The van der Waals surface area contributed by atoms with Crippen molar-refractivity contribution in [3.8, 4) is 0 Å². The maximum absolute atomic E-state index is 4.92. The van der Waals surface area contributed by atoms with Gasteiger partial charge in [-0.1, -0.05) is 60.7 Å². The molecule has 0 aliphatic carbocycles. The molecule has 0 aliphatic rings. The Hall–Kier alpha value is -3.85. The zero-order valence-electron chi connectivity index (χ0n) is 15.3. The Morgan fingerprint density at radius 2 is 0.964 bits per heavy atom. The fourth-order valence-corrected chi connectivity index (χ4v) is 3.02. The molecule has 0 unspecified atom stereocenters. The second-order valence-corrected chi connectivity index (χ2v) is 6.22. The molecule has 4 rings (SSSR count). The largest absolute Gasteiger partial charge is 0.265 e. The highest BCUT2D eigenvalue weighted by Gasteiger charge is 2.08. The van der Waals surface area contributed by atoms with E-state index in [0.717, 1.165) is 33.5 Å². The van der Waals surface area contributed by atoms with Crippen molar-refractivity contribution in [2.24, 2.45) is 4.99 Å². The van der Waals surface area contributed by atoms with Crippen molar-refractivity contribution in [3.05, 3.63) is 138 Å². The van der Waals surface area contributed by atoms with Crippen LogP contribution < -0.4 is 0 Å². The molecule has 0 aliphatic heterocycles. The van der Waals surface area contributed by atoms with Crippen LogP contribution in [-0.2, 0) is 0 Å². The van der Waals surface area contributed by atoms with Gasteiger partial charge in [0.15, 0.2) is 0 Å². The van der Waals surface area contributed by atoms with Crippen molar-refractivity contribution < 1.29 is 0 Å². The van der Waals surface area contributed by atoms with Crippen LogP contribution in [0.3, 0.4) is 0 Å². The van der Waals surface area contributed by atoms with Crippen LogP contribution in [0.15, 0.2) is 121 Å². The number of hydrogen-bond acceptors (Lipinski definition) is 3. The second-order valence-electron chi connectivity index (χ2n) is 6.22. The van der Waals surface area contributed by atoms with E-state index in [4.69, 9.17) is 4.99 Å². The summed E-state index contributed by atoms with van der Waals surface area (Å²) in [4.78, 5) is 13.2. The van der Waals surface area contributed by atoms with Crippen molar-refractivity contribution >= 4 is 11.3 Å². The summed E-state index contributed by atoms with van der Waals surface area (Å²) in [6.07, 6.45) is 9.12. The lowest BCUT2D eigenvalue weighted by molar-refractivity contribution is 1.31. The van der Waals surface area contributed by atoms with E-state index in [1.807, 2.05) is 66.9 Å². The molecule has 3 heteroatoms. The van der Waals surface area contributed by atoms with Crippen LogP contribution >= 0.6 is 0 Å². The molecule has 0 radical (unpaired) electrons. The smallest absolute Gasteiger partial charge is 0.0775 e. The quantitative estimate of drug-likeness (QED) is 0.446. The number of aromatic nitrogens is 2. The van der Waals surface area contributed by atoms with E-state index in [-0.39, 0.29) is 0 Å². The van der Waals surface area contributed by atoms with E-state index in [9.17, 15) is 0 Å². The summed E-state index contributed by atoms with van der Waals surface area (Å²) in [5.41, 5.74) is 6.23. The first-order valence-electron chi connectivity index (χ1n) is 9.11. The molecule has 0 saturated heterocycles. The highest BCUT2D eigenvalue weighted by atomic mass is 14.7. The van der Waals surface area contributed by atoms with Crippen LogP contribution in [0.4, 0.5) is 0 Å². The first kappa shape index (κ1) is 17.6. The summed E-state index contributed by atoms with van der Waals surface area (Å²) in [7, 11) is 0. The third-order valence-corrected chi connectivity index (χ3v) is 4.40. The predicted molar refractivity (Wildman–Crippen MR) is 114 cm³/mol. The van der Waals surface area contributed by atoms with Gasteiger partial charge in [0.05, 0.1) is 5.71 Å². The van der Waals surface area contributed by atoms with E-state index in [1.54, 1.807) is 24.8 Å². The van der Waals surface area contributed by atoms with Gasteiger partial charge >= 0.3 is 0 Å². The molecule has 134 valence electrons. The summed E-state index contributed by atoms with van der Waals surface area (Å²) >= 11 is 0. The Labute approximate surface area is 164 Å². The Morgan fingerprint density at radius 3 is 1.54 bits per heavy atom. The number of pyridine rings is 2. The van der Waals surface area contributed by atoms with Gasteiger partial charge in [0.1, 0.15) is 0 Å². The molecule has 28 heavy (non-hydrogen) atoms. The zero-order valence-corrected chi connectivity index (χ0v) is 15.3. The van der Waals surface area contributed by atoms with Gasteiger partial charge in [-0.15, -0.1) is 0 Å². The second kappa shape index (κ2) is 8.69. The van der Waals surface area contributed by atoms with Gasteiger partial charge in [0, 0.05) is 47.7 Å². The average molecular weight is 361 g/mol. The Balaban J connectivity index is 1.87. The highest BCUT2D eigenvalue weighted by Crippen LogP contribution is 2.23. The summed E-state index contributed by atoms with van der Waals surface area (Å²) in [5.74, 6) is 0. The first-order valence-corrected chi connectivity index (χ1v) is 9.11. The van der Waals surface area contributed by atoms with E-state index < -0.39 is 0 Å².